The van der Waals surface area contributed by atoms with Crippen LogP contribution < -0.4 is 5.32 Å². The normalized spacial score (nSPS) is 11.4. The van der Waals surface area contributed by atoms with Crippen LogP contribution in [0.25, 0.3) is 0 Å². The maximum atomic E-state index is 13.0. The quantitative estimate of drug-likeness (QED) is 0.0908. The Labute approximate surface area is 290 Å². The van der Waals surface area contributed by atoms with E-state index in [-0.39, 0.29) is 37.0 Å². The molecule has 0 aliphatic heterocycles. The van der Waals surface area contributed by atoms with Gasteiger partial charge in [-0.05, 0) is 30.3 Å². The maximum Gasteiger partial charge on any atom is 0.416 e. The van der Waals surface area contributed by atoms with Gasteiger partial charge in [0.15, 0.2) is 0 Å². The number of rotatable bonds is 30. The molecule has 0 aromatic heterocycles. The molecule has 0 amide bonds. The third-order valence-electron chi connectivity index (χ3n) is 6.21. The summed E-state index contributed by atoms with van der Waals surface area (Å²) in [6.07, 6.45) is -4.48. The second-order valence-corrected chi connectivity index (χ2v) is 10.1. The first kappa shape index (κ1) is 42.8. The van der Waals surface area contributed by atoms with Crippen LogP contribution in [-0.2, 0) is 58.3 Å². The molecule has 2 aromatic carbocycles. The average molecular weight is 720 g/mol. The molecule has 0 unspecified atom stereocenters. The highest BCUT2D eigenvalue weighted by Gasteiger charge is 2.30. The second-order valence-electron chi connectivity index (χ2n) is 10.1. The van der Waals surface area contributed by atoms with Crippen molar-refractivity contribution in [3.05, 3.63) is 59.7 Å². The van der Waals surface area contributed by atoms with E-state index in [1.54, 1.807) is 18.2 Å². The number of carbonyl (C=O) groups is 2. The van der Waals surface area contributed by atoms with E-state index < -0.39 is 17.7 Å². The fourth-order valence-electron chi connectivity index (χ4n) is 3.86. The molecule has 50 heavy (non-hydrogen) atoms. The first-order valence-electron chi connectivity index (χ1n) is 16.2. The maximum absolute atomic E-state index is 13.0. The molecule has 0 radical (unpaired) electrons. The molecule has 0 atom stereocenters. The van der Waals surface area contributed by atoms with E-state index >= 15 is 0 Å². The number of hydrogen-bond acceptors (Lipinski definition) is 13. The molecule has 282 valence electrons. The SMILES string of the molecule is CC(=O)OCCOCCOCCOCCOCCOCCOCCOCCOCCOC(=O)c1ccccc1Nc1cccc(C(F)(F)F)c1. The number of nitrogens with one attached hydrogen (secondary N) is 1. The van der Waals surface area contributed by atoms with Crippen molar-refractivity contribution in [2.45, 2.75) is 13.1 Å². The van der Waals surface area contributed by atoms with Crippen molar-refractivity contribution in [3.63, 3.8) is 0 Å². The van der Waals surface area contributed by atoms with Crippen LogP contribution in [0.1, 0.15) is 22.8 Å². The van der Waals surface area contributed by atoms with E-state index in [4.69, 9.17) is 47.4 Å². The monoisotopic (exact) mass is 719 g/mol. The van der Waals surface area contributed by atoms with E-state index in [9.17, 15) is 22.8 Å². The summed E-state index contributed by atoms with van der Waals surface area (Å²) in [6, 6.07) is 11.1. The van der Waals surface area contributed by atoms with Gasteiger partial charge in [0.05, 0.1) is 123 Å². The minimum Gasteiger partial charge on any atom is -0.463 e. The van der Waals surface area contributed by atoms with Crippen LogP contribution in [0.3, 0.4) is 0 Å². The van der Waals surface area contributed by atoms with Crippen LogP contribution in [0.5, 0.6) is 0 Å². The van der Waals surface area contributed by atoms with Crippen molar-refractivity contribution < 1.29 is 70.1 Å². The Bertz CT molecular complexity index is 1190. The summed E-state index contributed by atoms with van der Waals surface area (Å²) in [5.41, 5.74) is -0.103. The van der Waals surface area contributed by atoms with Gasteiger partial charge in [0.2, 0.25) is 0 Å². The van der Waals surface area contributed by atoms with E-state index in [0.717, 1.165) is 12.1 Å². The van der Waals surface area contributed by atoms with Crippen molar-refractivity contribution in [3.8, 4) is 0 Å². The van der Waals surface area contributed by atoms with E-state index in [2.05, 4.69) is 5.32 Å². The molecule has 0 saturated carbocycles. The number of hydrogen-bond donors (Lipinski definition) is 1. The minimum atomic E-state index is -4.48. The van der Waals surface area contributed by atoms with Gasteiger partial charge in [-0.2, -0.15) is 13.2 Å². The lowest BCUT2D eigenvalue weighted by molar-refractivity contribution is -0.142. The summed E-state index contributed by atoms with van der Waals surface area (Å²) < 4.78 is 92.3. The second kappa shape index (κ2) is 27.4. The zero-order chi connectivity index (χ0) is 36.1. The van der Waals surface area contributed by atoms with Crippen LogP contribution >= 0.6 is 0 Å². The fourth-order valence-corrected chi connectivity index (χ4v) is 3.86. The summed E-state index contributed by atoms with van der Waals surface area (Å²) in [4.78, 5) is 23.2. The van der Waals surface area contributed by atoms with E-state index in [0.29, 0.717) is 105 Å². The Morgan fingerprint density at radius 3 is 1.36 bits per heavy atom. The average Bonchev–Trinajstić information content (AvgIpc) is 3.09. The molecule has 1 N–H and O–H groups in total. The highest BCUT2D eigenvalue weighted by atomic mass is 19.4. The zero-order valence-electron chi connectivity index (χ0n) is 28.4. The Hall–Kier alpha value is -3.35. The molecule has 13 nitrogen and oxygen atoms in total. The molecule has 0 aliphatic carbocycles. The number of halogens is 3. The van der Waals surface area contributed by atoms with Gasteiger partial charge >= 0.3 is 18.1 Å². The lowest BCUT2D eigenvalue weighted by Gasteiger charge is -2.13. The molecular formula is C34H48F3NO12. The van der Waals surface area contributed by atoms with E-state index in [1.165, 1.54) is 25.1 Å². The third kappa shape index (κ3) is 21.7. The molecule has 16 heteroatoms. The highest BCUT2D eigenvalue weighted by molar-refractivity contribution is 5.96. The molecule has 0 bridgehead atoms. The van der Waals surface area contributed by atoms with Gasteiger partial charge in [0, 0.05) is 12.6 Å². The van der Waals surface area contributed by atoms with Gasteiger partial charge in [-0.3, -0.25) is 4.79 Å². The molecule has 0 spiro atoms. The van der Waals surface area contributed by atoms with Crippen LogP contribution in [-0.4, -0.2) is 131 Å². The van der Waals surface area contributed by atoms with Crippen LogP contribution in [0.4, 0.5) is 24.5 Å². The molecule has 0 aliphatic rings. The minimum absolute atomic E-state index is 0.00554. The van der Waals surface area contributed by atoms with Gasteiger partial charge < -0.3 is 52.7 Å². The smallest absolute Gasteiger partial charge is 0.416 e. The van der Waals surface area contributed by atoms with Gasteiger partial charge in [0.1, 0.15) is 13.2 Å². The summed E-state index contributed by atoms with van der Waals surface area (Å²) >= 11 is 0. The molecule has 0 fully saturated rings. The number of anilines is 2. The van der Waals surface area contributed by atoms with Gasteiger partial charge in [-0.1, -0.05) is 18.2 Å². The van der Waals surface area contributed by atoms with E-state index in [1.807, 2.05) is 0 Å². The third-order valence-corrected chi connectivity index (χ3v) is 6.21. The van der Waals surface area contributed by atoms with Crippen LogP contribution in [0.2, 0.25) is 0 Å². The number of benzene rings is 2. The van der Waals surface area contributed by atoms with Crippen LogP contribution in [0.15, 0.2) is 48.5 Å². The number of ether oxygens (including phenoxy) is 10. The number of esters is 2. The summed E-state index contributed by atoms with van der Waals surface area (Å²) in [6.45, 7) is 7.88. The van der Waals surface area contributed by atoms with Crippen molar-refractivity contribution in [1.29, 1.82) is 0 Å². The summed E-state index contributed by atoms with van der Waals surface area (Å²) in [7, 11) is 0. The first-order valence-corrected chi connectivity index (χ1v) is 16.2. The predicted molar refractivity (Wildman–Crippen MR) is 175 cm³/mol. The Morgan fingerprint density at radius 2 is 0.940 bits per heavy atom. The fraction of sp³-hybridized carbons (Fsp3) is 0.588. The molecule has 0 saturated heterocycles. The topological polar surface area (TPSA) is 138 Å². The zero-order valence-corrected chi connectivity index (χ0v) is 28.4. The Balaban J connectivity index is 1.33. The van der Waals surface area contributed by atoms with Crippen molar-refractivity contribution >= 4 is 23.3 Å². The molecular weight excluding hydrogens is 671 g/mol. The van der Waals surface area contributed by atoms with Crippen molar-refractivity contribution in [1.82, 2.24) is 0 Å². The largest absolute Gasteiger partial charge is 0.463 e. The predicted octanol–water partition coefficient (Wildman–Crippen LogP) is 4.30. The summed E-state index contributed by atoms with van der Waals surface area (Å²) in [5.74, 6) is -0.961. The Morgan fingerprint density at radius 1 is 0.540 bits per heavy atom. The number of alkyl halides is 3. The molecule has 2 aromatic rings. The van der Waals surface area contributed by atoms with Gasteiger partial charge in [-0.25, -0.2) is 4.79 Å². The Kier molecular flexibility index (Phi) is 23.4. The van der Waals surface area contributed by atoms with Crippen molar-refractivity contribution in [2.24, 2.45) is 0 Å². The van der Waals surface area contributed by atoms with Crippen molar-refractivity contribution in [2.75, 3.05) is 124 Å². The van der Waals surface area contributed by atoms with Gasteiger partial charge in [0.25, 0.3) is 0 Å². The first-order chi connectivity index (χ1) is 24.3. The number of para-hydroxylation sites is 1. The molecule has 0 heterocycles. The molecule has 2 rings (SSSR count). The van der Waals surface area contributed by atoms with Crippen LogP contribution in [0, 0.1) is 0 Å². The van der Waals surface area contributed by atoms with Gasteiger partial charge in [-0.15, -0.1) is 0 Å². The number of carbonyl (C=O) groups excluding carboxylic acids is 2. The highest BCUT2D eigenvalue weighted by Crippen LogP contribution is 2.32. The lowest BCUT2D eigenvalue weighted by Crippen LogP contribution is -2.16. The standard InChI is InChI=1S/C34H48F3NO12/c1-28(39)49-25-23-47-21-19-45-17-15-43-13-11-41-9-10-42-12-14-44-16-18-46-20-22-48-24-26-50-33(40)31-7-2-3-8-32(31)38-30-6-4-5-29(27-30)34(35,36)37/h2-8,27,38H,9-26H2,1H3. The lowest BCUT2D eigenvalue weighted by atomic mass is 10.1. The summed E-state index contributed by atoms with van der Waals surface area (Å²) in [5, 5.41) is 2.85.